The van der Waals surface area contributed by atoms with Gasteiger partial charge >= 0.3 is 0 Å². The number of amides is 2. The maximum Gasteiger partial charge on any atom is 0.255 e. The lowest BCUT2D eigenvalue weighted by Crippen LogP contribution is -2.47. The highest BCUT2D eigenvalue weighted by atomic mass is 16.3. The summed E-state index contributed by atoms with van der Waals surface area (Å²) in [6.45, 7) is 5.65. The van der Waals surface area contributed by atoms with Gasteiger partial charge in [-0.2, -0.15) is 0 Å². The summed E-state index contributed by atoms with van der Waals surface area (Å²) >= 11 is 0. The molecule has 6 nitrogen and oxygen atoms in total. The van der Waals surface area contributed by atoms with Gasteiger partial charge in [0.25, 0.3) is 5.91 Å². The van der Waals surface area contributed by atoms with Crippen LogP contribution in [0.1, 0.15) is 36.8 Å². The molecule has 1 unspecified atom stereocenters. The molecule has 1 aromatic heterocycles. The number of nitrogens with one attached hydrogen (secondary N) is 1. The highest BCUT2D eigenvalue weighted by Crippen LogP contribution is 2.44. The first-order chi connectivity index (χ1) is 16.5. The standard InChI is InChI=1S/C28H29N3O3/c1-28(2)26-24(27(33)31(28)19-21-12-7-4-8-13-21)25(22-14-9-17-34-22)30(16-15-29-26)23(32)18-20-10-5-3-6-11-20/h3-14,17,25,29H,15-16,18-19H2,1-2H3. The van der Waals surface area contributed by atoms with E-state index < -0.39 is 11.6 Å². The number of hydrogen-bond acceptors (Lipinski definition) is 4. The van der Waals surface area contributed by atoms with Crippen molar-refractivity contribution in [1.82, 2.24) is 15.1 Å². The fraction of sp³-hybridized carbons (Fsp3) is 0.286. The van der Waals surface area contributed by atoms with Crippen molar-refractivity contribution < 1.29 is 14.0 Å². The summed E-state index contributed by atoms with van der Waals surface area (Å²) in [5.41, 5.74) is 2.92. The first-order valence-corrected chi connectivity index (χ1v) is 11.7. The SMILES string of the molecule is CC1(C)C2=C(C(=O)N1Cc1ccccc1)C(c1ccco1)N(C(=O)Cc1ccccc1)CCN2. The minimum absolute atomic E-state index is 0.0322. The van der Waals surface area contributed by atoms with Crippen molar-refractivity contribution in [2.75, 3.05) is 13.1 Å². The number of nitrogens with zero attached hydrogens (tertiary/aromatic N) is 2. The molecule has 3 aromatic rings. The average Bonchev–Trinajstić information content (AvgIpc) is 3.36. The third-order valence-electron chi connectivity index (χ3n) is 6.79. The smallest absolute Gasteiger partial charge is 0.255 e. The van der Waals surface area contributed by atoms with E-state index in [0.29, 0.717) is 31.0 Å². The zero-order chi connectivity index (χ0) is 23.7. The lowest BCUT2D eigenvalue weighted by atomic mass is 9.95. The Labute approximate surface area is 199 Å². The number of hydrogen-bond donors (Lipinski definition) is 1. The van der Waals surface area contributed by atoms with E-state index in [4.69, 9.17) is 4.42 Å². The van der Waals surface area contributed by atoms with Crippen LogP contribution < -0.4 is 5.32 Å². The first kappa shape index (κ1) is 22.0. The molecule has 0 saturated carbocycles. The molecule has 0 radical (unpaired) electrons. The summed E-state index contributed by atoms with van der Waals surface area (Å²) in [6.07, 6.45) is 1.87. The van der Waals surface area contributed by atoms with Crippen LogP contribution in [0.2, 0.25) is 0 Å². The minimum atomic E-state index is -0.580. The fourth-order valence-electron chi connectivity index (χ4n) is 5.04. The van der Waals surface area contributed by atoms with E-state index in [0.717, 1.165) is 16.8 Å². The van der Waals surface area contributed by atoms with Crippen LogP contribution in [-0.2, 0) is 22.6 Å². The zero-order valence-corrected chi connectivity index (χ0v) is 19.5. The van der Waals surface area contributed by atoms with Crippen molar-refractivity contribution >= 4 is 11.8 Å². The number of rotatable bonds is 5. The van der Waals surface area contributed by atoms with Gasteiger partial charge in [0.15, 0.2) is 0 Å². The van der Waals surface area contributed by atoms with Gasteiger partial charge in [0.05, 0.1) is 23.8 Å². The molecule has 0 aliphatic carbocycles. The van der Waals surface area contributed by atoms with Gasteiger partial charge in [0.2, 0.25) is 5.91 Å². The summed E-state index contributed by atoms with van der Waals surface area (Å²) in [5.74, 6) is 0.496. The van der Waals surface area contributed by atoms with Crippen LogP contribution in [0.25, 0.3) is 0 Å². The Morgan fingerprint density at radius 3 is 2.32 bits per heavy atom. The molecular formula is C28H29N3O3. The highest BCUT2D eigenvalue weighted by Gasteiger charge is 2.51. The Kier molecular flexibility index (Phi) is 5.74. The van der Waals surface area contributed by atoms with E-state index in [-0.39, 0.29) is 18.2 Å². The number of carbonyl (C=O) groups excluding carboxylic acids is 2. The third kappa shape index (κ3) is 3.89. The van der Waals surface area contributed by atoms with Crippen LogP contribution in [0.5, 0.6) is 0 Å². The van der Waals surface area contributed by atoms with Crippen LogP contribution in [0.15, 0.2) is 94.7 Å². The molecule has 0 fully saturated rings. The second-order valence-electron chi connectivity index (χ2n) is 9.32. The van der Waals surface area contributed by atoms with Gasteiger partial charge < -0.3 is 19.5 Å². The normalized spacial score (nSPS) is 19.6. The van der Waals surface area contributed by atoms with Crippen LogP contribution in [0.3, 0.4) is 0 Å². The van der Waals surface area contributed by atoms with E-state index in [1.165, 1.54) is 0 Å². The Hall–Kier alpha value is -3.80. The van der Waals surface area contributed by atoms with E-state index in [1.807, 2.05) is 71.6 Å². The summed E-state index contributed by atoms with van der Waals surface area (Å²) < 4.78 is 5.81. The van der Waals surface area contributed by atoms with E-state index >= 15 is 0 Å². The maximum absolute atomic E-state index is 14.0. The molecule has 0 spiro atoms. The minimum Gasteiger partial charge on any atom is -0.467 e. The summed E-state index contributed by atoms with van der Waals surface area (Å²) in [7, 11) is 0. The molecule has 34 heavy (non-hydrogen) atoms. The number of carbonyl (C=O) groups is 2. The summed E-state index contributed by atoms with van der Waals surface area (Å²) in [6, 6.07) is 22.8. The number of furan rings is 1. The Balaban J connectivity index is 1.53. The van der Waals surface area contributed by atoms with Crippen molar-refractivity contribution in [3.05, 3.63) is 107 Å². The topological polar surface area (TPSA) is 65.8 Å². The quantitative estimate of drug-likeness (QED) is 0.630. The molecular weight excluding hydrogens is 426 g/mol. The monoisotopic (exact) mass is 455 g/mol. The third-order valence-corrected chi connectivity index (χ3v) is 6.79. The predicted octanol–water partition coefficient (Wildman–Crippen LogP) is 4.07. The molecule has 0 saturated heterocycles. The summed E-state index contributed by atoms with van der Waals surface area (Å²) in [4.78, 5) is 31.2. The average molecular weight is 456 g/mol. The lowest BCUT2D eigenvalue weighted by molar-refractivity contribution is -0.134. The van der Waals surface area contributed by atoms with E-state index in [2.05, 4.69) is 19.2 Å². The van der Waals surface area contributed by atoms with Gasteiger partial charge in [-0.05, 0) is 37.1 Å². The van der Waals surface area contributed by atoms with E-state index in [9.17, 15) is 9.59 Å². The Morgan fingerprint density at radius 2 is 1.68 bits per heavy atom. The summed E-state index contributed by atoms with van der Waals surface area (Å²) in [5, 5.41) is 3.50. The van der Waals surface area contributed by atoms with Crippen LogP contribution in [0, 0.1) is 0 Å². The molecule has 5 rings (SSSR count). The first-order valence-electron chi connectivity index (χ1n) is 11.7. The highest BCUT2D eigenvalue weighted by molar-refractivity contribution is 6.00. The molecule has 2 aliphatic heterocycles. The van der Waals surface area contributed by atoms with Gasteiger partial charge in [0.1, 0.15) is 11.8 Å². The lowest BCUT2D eigenvalue weighted by Gasteiger charge is -2.35. The second kappa shape index (κ2) is 8.86. The van der Waals surface area contributed by atoms with Gasteiger partial charge in [-0.3, -0.25) is 9.59 Å². The van der Waals surface area contributed by atoms with Gasteiger partial charge in [-0.25, -0.2) is 0 Å². The number of benzene rings is 2. The van der Waals surface area contributed by atoms with E-state index in [1.54, 1.807) is 17.2 Å². The van der Waals surface area contributed by atoms with Gasteiger partial charge in [-0.1, -0.05) is 60.7 Å². The Bertz CT molecular complexity index is 1200. The largest absolute Gasteiger partial charge is 0.467 e. The van der Waals surface area contributed by atoms with Crippen LogP contribution >= 0.6 is 0 Å². The fourth-order valence-corrected chi connectivity index (χ4v) is 5.04. The molecule has 174 valence electrons. The van der Waals surface area contributed by atoms with Crippen LogP contribution in [0.4, 0.5) is 0 Å². The van der Waals surface area contributed by atoms with Crippen molar-refractivity contribution in [3.63, 3.8) is 0 Å². The molecule has 1 atom stereocenters. The predicted molar refractivity (Wildman–Crippen MR) is 129 cm³/mol. The Morgan fingerprint density at radius 1 is 1.00 bits per heavy atom. The van der Waals surface area contributed by atoms with Crippen molar-refractivity contribution in [2.45, 2.75) is 38.4 Å². The van der Waals surface area contributed by atoms with Crippen LogP contribution in [-0.4, -0.2) is 40.2 Å². The van der Waals surface area contributed by atoms with Crippen molar-refractivity contribution in [2.24, 2.45) is 0 Å². The van der Waals surface area contributed by atoms with Crippen molar-refractivity contribution in [3.8, 4) is 0 Å². The van der Waals surface area contributed by atoms with Gasteiger partial charge in [-0.15, -0.1) is 0 Å². The molecule has 2 aromatic carbocycles. The molecule has 3 heterocycles. The second-order valence-corrected chi connectivity index (χ2v) is 9.32. The molecule has 2 amide bonds. The molecule has 2 aliphatic rings. The molecule has 0 bridgehead atoms. The van der Waals surface area contributed by atoms with Gasteiger partial charge in [0, 0.05) is 25.3 Å². The van der Waals surface area contributed by atoms with Crippen molar-refractivity contribution in [1.29, 1.82) is 0 Å². The molecule has 1 N–H and O–H groups in total. The maximum atomic E-state index is 14.0. The molecule has 6 heteroatoms. The zero-order valence-electron chi connectivity index (χ0n) is 19.5.